The van der Waals surface area contributed by atoms with Gasteiger partial charge in [0.05, 0.1) is 4.88 Å². The summed E-state index contributed by atoms with van der Waals surface area (Å²) in [5.41, 5.74) is 0.0697. The van der Waals surface area contributed by atoms with Crippen LogP contribution < -0.4 is 5.32 Å². The molecule has 0 aliphatic carbocycles. The van der Waals surface area contributed by atoms with Gasteiger partial charge in [-0.15, -0.1) is 24.0 Å². The molecular formula is C12H20N2OS2. The molecule has 0 radical (unpaired) electrons. The van der Waals surface area contributed by atoms with Crippen LogP contribution in [0, 0.1) is 5.41 Å². The lowest BCUT2D eigenvalue weighted by atomic mass is 9.93. The molecule has 1 N–H and O–H groups in total. The highest BCUT2D eigenvalue weighted by molar-refractivity contribution is 7.80. The van der Waals surface area contributed by atoms with Crippen molar-refractivity contribution in [2.75, 3.05) is 27.2 Å². The zero-order chi connectivity index (χ0) is 13.1. The lowest BCUT2D eigenvalue weighted by Crippen LogP contribution is -2.39. The molecule has 0 saturated carbocycles. The van der Waals surface area contributed by atoms with Crippen LogP contribution in [0.25, 0.3) is 0 Å². The Kier molecular flexibility index (Phi) is 5.04. The minimum Gasteiger partial charge on any atom is -0.351 e. The van der Waals surface area contributed by atoms with Crippen LogP contribution in [0.1, 0.15) is 23.5 Å². The van der Waals surface area contributed by atoms with Gasteiger partial charge in [-0.1, -0.05) is 13.8 Å². The summed E-state index contributed by atoms with van der Waals surface area (Å²) in [5.74, 6) is -0.0119. The highest BCUT2D eigenvalue weighted by atomic mass is 32.1. The Hall–Kier alpha value is -0.520. The van der Waals surface area contributed by atoms with E-state index in [1.54, 1.807) is 6.07 Å². The highest BCUT2D eigenvalue weighted by Crippen LogP contribution is 2.18. The molecule has 5 heteroatoms. The van der Waals surface area contributed by atoms with Crippen molar-refractivity contribution in [3.8, 4) is 0 Å². The third-order valence-electron chi connectivity index (χ3n) is 2.28. The predicted octanol–water partition coefficient (Wildman–Crippen LogP) is 2.35. The first-order valence-electron chi connectivity index (χ1n) is 5.50. The monoisotopic (exact) mass is 272 g/mol. The van der Waals surface area contributed by atoms with Gasteiger partial charge in [0.25, 0.3) is 5.91 Å². The van der Waals surface area contributed by atoms with E-state index in [1.165, 1.54) is 11.3 Å². The maximum Gasteiger partial charge on any atom is 0.261 e. The van der Waals surface area contributed by atoms with Crippen LogP contribution in [0.3, 0.4) is 0 Å². The van der Waals surface area contributed by atoms with E-state index in [4.69, 9.17) is 0 Å². The van der Waals surface area contributed by atoms with Crippen molar-refractivity contribution in [2.24, 2.45) is 5.41 Å². The van der Waals surface area contributed by atoms with Gasteiger partial charge < -0.3 is 10.2 Å². The molecule has 1 rings (SSSR count). The molecule has 3 nitrogen and oxygen atoms in total. The van der Waals surface area contributed by atoms with E-state index in [9.17, 15) is 4.79 Å². The third kappa shape index (κ3) is 5.10. The number of nitrogens with one attached hydrogen (secondary N) is 1. The van der Waals surface area contributed by atoms with Gasteiger partial charge in [-0.25, -0.2) is 0 Å². The summed E-state index contributed by atoms with van der Waals surface area (Å²) in [6.45, 7) is 5.90. The number of carbonyl (C=O) groups excluding carboxylic acids is 1. The van der Waals surface area contributed by atoms with E-state index in [0.717, 1.165) is 16.3 Å². The summed E-state index contributed by atoms with van der Waals surface area (Å²) in [6.07, 6.45) is 0. The Morgan fingerprint density at radius 2 is 2.18 bits per heavy atom. The van der Waals surface area contributed by atoms with Gasteiger partial charge in [0.1, 0.15) is 0 Å². The normalized spacial score (nSPS) is 11.9. The van der Waals surface area contributed by atoms with Crippen molar-refractivity contribution < 1.29 is 4.79 Å². The van der Waals surface area contributed by atoms with Crippen LogP contribution in [0.5, 0.6) is 0 Å². The molecule has 0 saturated heterocycles. The SMILES string of the molecule is CN(C)CC(C)(C)CNC(=O)c1cc(S)cs1. The molecule has 0 fully saturated rings. The molecule has 17 heavy (non-hydrogen) atoms. The zero-order valence-corrected chi connectivity index (χ0v) is 12.5. The minimum atomic E-state index is -0.0119. The smallest absolute Gasteiger partial charge is 0.261 e. The molecule has 0 aliphatic heterocycles. The number of thiol groups is 1. The molecule has 0 unspecified atom stereocenters. The van der Waals surface area contributed by atoms with Crippen molar-refractivity contribution in [1.29, 1.82) is 0 Å². The second-order valence-electron chi connectivity index (χ2n) is 5.25. The lowest BCUT2D eigenvalue weighted by molar-refractivity contribution is 0.0933. The number of hydrogen-bond donors (Lipinski definition) is 2. The first-order chi connectivity index (χ1) is 7.80. The van der Waals surface area contributed by atoms with Crippen molar-refractivity contribution in [3.05, 3.63) is 16.3 Å². The maximum atomic E-state index is 11.8. The largest absolute Gasteiger partial charge is 0.351 e. The standard InChI is InChI=1S/C12H20N2OS2/c1-12(2,8-14(3)4)7-13-11(15)10-5-9(16)6-17-10/h5-6,16H,7-8H2,1-4H3,(H,13,15). The molecule has 0 aliphatic rings. The van der Waals surface area contributed by atoms with Crippen LogP contribution in [0.2, 0.25) is 0 Å². The average molecular weight is 272 g/mol. The number of rotatable bonds is 5. The first kappa shape index (κ1) is 14.5. The summed E-state index contributed by atoms with van der Waals surface area (Å²) in [4.78, 5) is 15.5. The molecule has 1 amide bonds. The van der Waals surface area contributed by atoms with Gasteiger partial charge >= 0.3 is 0 Å². The van der Waals surface area contributed by atoms with Crippen molar-refractivity contribution >= 4 is 29.9 Å². The van der Waals surface area contributed by atoms with E-state index >= 15 is 0 Å². The third-order valence-corrected chi connectivity index (χ3v) is 3.64. The van der Waals surface area contributed by atoms with E-state index < -0.39 is 0 Å². The number of nitrogens with zero attached hydrogens (tertiary/aromatic N) is 1. The maximum absolute atomic E-state index is 11.8. The fraction of sp³-hybridized carbons (Fsp3) is 0.583. The molecule has 0 spiro atoms. The van der Waals surface area contributed by atoms with Crippen LogP contribution in [0.4, 0.5) is 0 Å². The summed E-state index contributed by atoms with van der Waals surface area (Å²) < 4.78 is 0. The Morgan fingerprint density at radius 1 is 1.53 bits per heavy atom. The average Bonchev–Trinajstić information content (AvgIpc) is 2.59. The Labute approximate surface area is 113 Å². The van der Waals surface area contributed by atoms with Crippen LogP contribution >= 0.6 is 24.0 Å². The molecule has 96 valence electrons. The van der Waals surface area contributed by atoms with Gasteiger partial charge in [0.15, 0.2) is 0 Å². The Balaban J connectivity index is 2.48. The number of hydrogen-bond acceptors (Lipinski definition) is 4. The predicted molar refractivity (Wildman–Crippen MR) is 76.2 cm³/mol. The highest BCUT2D eigenvalue weighted by Gasteiger charge is 2.20. The number of amides is 1. The van der Waals surface area contributed by atoms with Crippen molar-refractivity contribution in [3.63, 3.8) is 0 Å². The molecule has 0 bridgehead atoms. The van der Waals surface area contributed by atoms with Gasteiger partial charge in [-0.05, 0) is 25.6 Å². The molecule has 0 aromatic carbocycles. The summed E-state index contributed by atoms with van der Waals surface area (Å²) in [5, 5.41) is 4.83. The fourth-order valence-electron chi connectivity index (χ4n) is 1.76. The van der Waals surface area contributed by atoms with Crippen LogP contribution in [-0.4, -0.2) is 38.0 Å². The minimum absolute atomic E-state index is 0.0119. The topological polar surface area (TPSA) is 32.3 Å². The molecule has 0 atom stereocenters. The van der Waals surface area contributed by atoms with E-state index in [2.05, 4.69) is 36.7 Å². The summed E-state index contributed by atoms with van der Waals surface area (Å²) >= 11 is 5.62. The van der Waals surface area contributed by atoms with E-state index in [0.29, 0.717) is 6.54 Å². The molecule has 1 heterocycles. The summed E-state index contributed by atoms with van der Waals surface area (Å²) in [6, 6.07) is 1.79. The zero-order valence-electron chi connectivity index (χ0n) is 10.8. The van der Waals surface area contributed by atoms with Crippen LogP contribution in [-0.2, 0) is 0 Å². The molecule has 1 aromatic heterocycles. The van der Waals surface area contributed by atoms with Crippen molar-refractivity contribution in [2.45, 2.75) is 18.7 Å². The Morgan fingerprint density at radius 3 is 2.65 bits per heavy atom. The second kappa shape index (κ2) is 5.89. The fourth-order valence-corrected chi connectivity index (χ4v) is 2.83. The van der Waals surface area contributed by atoms with Crippen LogP contribution in [0.15, 0.2) is 16.3 Å². The van der Waals surface area contributed by atoms with E-state index in [1.807, 2.05) is 19.5 Å². The number of carbonyl (C=O) groups is 1. The van der Waals surface area contributed by atoms with Gasteiger partial charge in [-0.3, -0.25) is 4.79 Å². The van der Waals surface area contributed by atoms with Gasteiger partial charge in [-0.2, -0.15) is 0 Å². The Bertz CT molecular complexity index is 386. The second-order valence-corrected chi connectivity index (χ2v) is 6.68. The molecule has 1 aromatic rings. The van der Waals surface area contributed by atoms with Crippen molar-refractivity contribution in [1.82, 2.24) is 10.2 Å². The quantitative estimate of drug-likeness (QED) is 0.807. The van der Waals surface area contributed by atoms with E-state index in [-0.39, 0.29) is 11.3 Å². The first-order valence-corrected chi connectivity index (χ1v) is 6.83. The lowest BCUT2D eigenvalue weighted by Gasteiger charge is -2.28. The van der Waals surface area contributed by atoms with Gasteiger partial charge in [0, 0.05) is 23.4 Å². The molecular weight excluding hydrogens is 252 g/mol. The summed E-state index contributed by atoms with van der Waals surface area (Å²) in [7, 11) is 4.08. The number of thiophene rings is 1. The van der Waals surface area contributed by atoms with Gasteiger partial charge in [0.2, 0.25) is 0 Å².